The van der Waals surface area contributed by atoms with E-state index in [1.54, 1.807) is 0 Å². The molecular weight excluding hydrogens is 138 g/mol. The largest absolute Gasteiger partial charge is 0.299 e. The molecule has 2 heteroatoms. The smallest absolute Gasteiger partial charge is 0.146 e. The zero-order chi connectivity index (χ0) is 8.27. The second-order valence-electron chi connectivity index (χ2n) is 3.53. The molecule has 1 aliphatic rings. The standard InChI is InChI=1S/C9H17NO/c1-3-9(11)7-10(2)6-8-4-5-8/h8H,3-7H2,1-2H3. The molecular formula is C9H17NO. The summed E-state index contributed by atoms with van der Waals surface area (Å²) in [6, 6.07) is 0. The zero-order valence-electron chi connectivity index (χ0n) is 7.47. The Morgan fingerprint density at radius 2 is 2.18 bits per heavy atom. The number of ketones is 1. The zero-order valence-corrected chi connectivity index (χ0v) is 7.47. The number of nitrogens with zero attached hydrogens (tertiary/aromatic N) is 1. The number of hydrogen-bond donors (Lipinski definition) is 0. The summed E-state index contributed by atoms with van der Waals surface area (Å²) in [5.41, 5.74) is 0. The normalized spacial score (nSPS) is 17.4. The van der Waals surface area contributed by atoms with E-state index < -0.39 is 0 Å². The van der Waals surface area contributed by atoms with Gasteiger partial charge in [-0.3, -0.25) is 9.69 Å². The highest BCUT2D eigenvalue weighted by atomic mass is 16.1. The number of rotatable bonds is 5. The predicted octanol–water partition coefficient (Wildman–Crippen LogP) is 1.31. The highest BCUT2D eigenvalue weighted by Gasteiger charge is 2.22. The molecule has 0 spiro atoms. The first kappa shape index (κ1) is 8.72. The van der Waals surface area contributed by atoms with Crippen LogP contribution >= 0.6 is 0 Å². The van der Waals surface area contributed by atoms with Gasteiger partial charge in [0.05, 0.1) is 6.54 Å². The van der Waals surface area contributed by atoms with Gasteiger partial charge in [0.1, 0.15) is 5.78 Å². The maximum Gasteiger partial charge on any atom is 0.146 e. The van der Waals surface area contributed by atoms with Crippen LogP contribution in [0.1, 0.15) is 26.2 Å². The molecule has 0 atom stereocenters. The van der Waals surface area contributed by atoms with Crippen molar-refractivity contribution in [2.24, 2.45) is 5.92 Å². The van der Waals surface area contributed by atoms with E-state index in [9.17, 15) is 4.79 Å². The van der Waals surface area contributed by atoms with Gasteiger partial charge in [-0.1, -0.05) is 6.92 Å². The maximum absolute atomic E-state index is 11.0. The molecule has 0 bridgehead atoms. The molecule has 0 aliphatic heterocycles. The summed E-state index contributed by atoms with van der Waals surface area (Å²) in [6.45, 7) is 3.69. The summed E-state index contributed by atoms with van der Waals surface area (Å²) >= 11 is 0. The molecule has 0 aromatic heterocycles. The summed E-state index contributed by atoms with van der Waals surface area (Å²) in [5.74, 6) is 1.25. The van der Waals surface area contributed by atoms with Crippen LogP contribution < -0.4 is 0 Å². The van der Waals surface area contributed by atoms with Crippen LogP contribution in [0.2, 0.25) is 0 Å². The van der Waals surface area contributed by atoms with Gasteiger partial charge in [0.2, 0.25) is 0 Å². The second-order valence-corrected chi connectivity index (χ2v) is 3.53. The third kappa shape index (κ3) is 3.51. The Kier molecular flexibility index (Phi) is 3.06. The summed E-state index contributed by atoms with van der Waals surface area (Å²) in [4.78, 5) is 13.1. The lowest BCUT2D eigenvalue weighted by atomic mass is 10.3. The minimum Gasteiger partial charge on any atom is -0.299 e. The fraction of sp³-hybridized carbons (Fsp3) is 0.889. The quantitative estimate of drug-likeness (QED) is 0.596. The molecule has 0 amide bonds. The summed E-state index contributed by atoms with van der Waals surface area (Å²) in [5, 5.41) is 0. The first-order valence-corrected chi connectivity index (χ1v) is 4.42. The van der Waals surface area contributed by atoms with Gasteiger partial charge in [-0.2, -0.15) is 0 Å². The van der Waals surface area contributed by atoms with E-state index in [4.69, 9.17) is 0 Å². The SMILES string of the molecule is CCC(=O)CN(C)CC1CC1. The molecule has 0 aromatic rings. The minimum absolute atomic E-state index is 0.355. The molecule has 1 rings (SSSR count). The number of Topliss-reactive ketones (excluding diaryl/α,β-unsaturated/α-hetero) is 1. The van der Waals surface area contributed by atoms with Crippen LogP contribution in [-0.2, 0) is 4.79 Å². The lowest BCUT2D eigenvalue weighted by molar-refractivity contribution is -0.119. The fourth-order valence-corrected chi connectivity index (χ4v) is 1.22. The molecule has 0 N–H and O–H groups in total. The average molecular weight is 155 g/mol. The molecule has 2 nitrogen and oxygen atoms in total. The molecule has 1 saturated carbocycles. The van der Waals surface area contributed by atoms with Crippen LogP contribution in [0.5, 0.6) is 0 Å². The lowest BCUT2D eigenvalue weighted by Crippen LogP contribution is -2.27. The summed E-state index contributed by atoms with van der Waals surface area (Å²) in [7, 11) is 2.03. The Morgan fingerprint density at radius 3 is 2.64 bits per heavy atom. The summed E-state index contributed by atoms with van der Waals surface area (Å²) < 4.78 is 0. The van der Waals surface area contributed by atoms with Gasteiger partial charge < -0.3 is 0 Å². The van der Waals surface area contributed by atoms with Gasteiger partial charge in [-0.15, -0.1) is 0 Å². The molecule has 0 radical (unpaired) electrons. The molecule has 0 aromatic carbocycles. The molecule has 1 fully saturated rings. The maximum atomic E-state index is 11.0. The van der Waals surface area contributed by atoms with Crippen molar-refractivity contribution in [3.05, 3.63) is 0 Å². The summed E-state index contributed by atoms with van der Waals surface area (Å²) in [6.07, 6.45) is 3.41. The Balaban J connectivity index is 2.08. The van der Waals surface area contributed by atoms with Crippen LogP contribution in [-0.4, -0.2) is 30.8 Å². The van der Waals surface area contributed by atoms with E-state index in [0.717, 1.165) is 12.5 Å². The van der Waals surface area contributed by atoms with Crippen LogP contribution in [0, 0.1) is 5.92 Å². The Hall–Kier alpha value is -0.370. The molecule has 11 heavy (non-hydrogen) atoms. The van der Waals surface area contributed by atoms with E-state index in [0.29, 0.717) is 18.7 Å². The second kappa shape index (κ2) is 3.86. The Bertz CT molecular complexity index is 140. The van der Waals surface area contributed by atoms with Gasteiger partial charge in [0.15, 0.2) is 0 Å². The van der Waals surface area contributed by atoms with Gasteiger partial charge in [0, 0.05) is 13.0 Å². The van der Waals surface area contributed by atoms with Gasteiger partial charge in [-0.05, 0) is 25.8 Å². The van der Waals surface area contributed by atoms with Crippen molar-refractivity contribution in [2.45, 2.75) is 26.2 Å². The van der Waals surface area contributed by atoms with Gasteiger partial charge in [0.25, 0.3) is 0 Å². The molecule has 1 aliphatic carbocycles. The molecule has 0 heterocycles. The van der Waals surface area contributed by atoms with Crippen LogP contribution in [0.4, 0.5) is 0 Å². The number of carbonyl (C=O) groups excluding carboxylic acids is 1. The van der Waals surface area contributed by atoms with Crippen LogP contribution in [0.3, 0.4) is 0 Å². The molecule has 64 valence electrons. The molecule has 0 unspecified atom stereocenters. The van der Waals surface area contributed by atoms with Crippen molar-refractivity contribution in [1.82, 2.24) is 4.90 Å². The number of likely N-dealkylation sites (N-methyl/N-ethyl adjacent to an activating group) is 1. The van der Waals surface area contributed by atoms with Crippen LogP contribution in [0.15, 0.2) is 0 Å². The van der Waals surface area contributed by atoms with E-state index in [1.165, 1.54) is 12.8 Å². The first-order chi connectivity index (χ1) is 5.22. The number of carbonyl (C=O) groups is 1. The highest BCUT2D eigenvalue weighted by molar-refractivity contribution is 5.80. The highest BCUT2D eigenvalue weighted by Crippen LogP contribution is 2.29. The van der Waals surface area contributed by atoms with Crippen molar-refractivity contribution in [2.75, 3.05) is 20.1 Å². The van der Waals surface area contributed by atoms with Crippen molar-refractivity contribution < 1.29 is 4.79 Å². The first-order valence-electron chi connectivity index (χ1n) is 4.42. The van der Waals surface area contributed by atoms with Gasteiger partial charge in [-0.25, -0.2) is 0 Å². The lowest BCUT2D eigenvalue weighted by Gasteiger charge is -2.13. The van der Waals surface area contributed by atoms with Crippen molar-refractivity contribution in [3.8, 4) is 0 Å². The van der Waals surface area contributed by atoms with E-state index >= 15 is 0 Å². The monoisotopic (exact) mass is 155 g/mol. The molecule has 0 saturated heterocycles. The van der Waals surface area contributed by atoms with Gasteiger partial charge >= 0.3 is 0 Å². The van der Waals surface area contributed by atoms with Crippen molar-refractivity contribution >= 4 is 5.78 Å². The Morgan fingerprint density at radius 1 is 1.55 bits per heavy atom. The van der Waals surface area contributed by atoms with E-state index in [1.807, 2.05) is 14.0 Å². The third-order valence-corrected chi connectivity index (χ3v) is 2.11. The predicted molar refractivity (Wildman–Crippen MR) is 45.5 cm³/mol. The third-order valence-electron chi connectivity index (χ3n) is 2.11. The topological polar surface area (TPSA) is 20.3 Å². The van der Waals surface area contributed by atoms with Crippen LogP contribution in [0.25, 0.3) is 0 Å². The van der Waals surface area contributed by atoms with E-state index in [-0.39, 0.29) is 0 Å². The Labute approximate surface area is 68.6 Å². The number of hydrogen-bond acceptors (Lipinski definition) is 2. The van der Waals surface area contributed by atoms with E-state index in [2.05, 4.69) is 4.90 Å². The van der Waals surface area contributed by atoms with Crippen molar-refractivity contribution in [1.29, 1.82) is 0 Å². The fourth-order valence-electron chi connectivity index (χ4n) is 1.22. The van der Waals surface area contributed by atoms with Crippen molar-refractivity contribution in [3.63, 3.8) is 0 Å². The average Bonchev–Trinajstić information content (AvgIpc) is 2.71. The minimum atomic E-state index is 0.355.